The molecule has 1 aromatic carbocycles. The summed E-state index contributed by atoms with van der Waals surface area (Å²) in [7, 11) is 0. The minimum atomic E-state index is 0.248. The predicted molar refractivity (Wildman–Crippen MR) is 78.3 cm³/mol. The summed E-state index contributed by atoms with van der Waals surface area (Å²) in [6.45, 7) is 13.9. The van der Waals surface area contributed by atoms with Crippen LogP contribution in [0, 0.1) is 0 Å². The molecule has 0 saturated heterocycles. The second-order valence-electron chi connectivity index (χ2n) is 7.10. The van der Waals surface area contributed by atoms with Crippen LogP contribution in [0.3, 0.4) is 0 Å². The number of benzene rings is 1. The molecule has 0 atom stereocenters. The van der Waals surface area contributed by atoms with Gasteiger partial charge in [-0.3, -0.25) is 0 Å². The second-order valence-corrected chi connectivity index (χ2v) is 8.24. The Bertz CT molecular complexity index is 430. The molecule has 0 nitrogen and oxygen atoms in total. The van der Waals surface area contributed by atoms with E-state index in [-0.39, 0.29) is 10.8 Å². The zero-order chi connectivity index (χ0) is 12.8. The molecule has 0 bridgehead atoms. The van der Waals surface area contributed by atoms with Crippen molar-refractivity contribution in [2.75, 3.05) is 5.75 Å². The monoisotopic (exact) mass is 248 g/mol. The van der Waals surface area contributed by atoms with Crippen molar-refractivity contribution in [1.29, 1.82) is 0 Å². The molecular formula is C16H24S. The van der Waals surface area contributed by atoms with E-state index in [1.807, 2.05) is 11.8 Å². The first-order chi connectivity index (χ1) is 7.69. The Labute approximate surface area is 110 Å². The van der Waals surface area contributed by atoms with Crippen LogP contribution < -0.4 is 0 Å². The highest BCUT2D eigenvalue weighted by molar-refractivity contribution is 7.99. The summed E-state index contributed by atoms with van der Waals surface area (Å²) in [5, 5.41) is 0. The molecule has 0 radical (unpaired) electrons. The fraction of sp³-hybridized carbons (Fsp3) is 0.625. The molecule has 1 aromatic rings. The van der Waals surface area contributed by atoms with Gasteiger partial charge in [0.1, 0.15) is 0 Å². The minimum Gasteiger partial charge on any atom is -0.126 e. The average molecular weight is 248 g/mol. The van der Waals surface area contributed by atoms with Crippen molar-refractivity contribution in [3.63, 3.8) is 0 Å². The zero-order valence-corrected chi connectivity index (χ0v) is 12.8. The first-order valence-electron chi connectivity index (χ1n) is 6.50. The Kier molecular flexibility index (Phi) is 3.10. The van der Waals surface area contributed by atoms with Crippen LogP contribution in [-0.2, 0) is 17.3 Å². The van der Waals surface area contributed by atoms with Crippen molar-refractivity contribution in [2.24, 2.45) is 0 Å². The van der Waals surface area contributed by atoms with Gasteiger partial charge in [-0.15, -0.1) is 11.8 Å². The van der Waals surface area contributed by atoms with Gasteiger partial charge >= 0.3 is 0 Å². The number of hydrogen-bond acceptors (Lipinski definition) is 1. The molecule has 2 rings (SSSR count). The highest BCUT2D eigenvalue weighted by Crippen LogP contribution is 2.41. The second kappa shape index (κ2) is 4.05. The van der Waals surface area contributed by atoms with Gasteiger partial charge in [0, 0.05) is 10.6 Å². The molecule has 0 unspecified atom stereocenters. The number of rotatable bonds is 0. The van der Waals surface area contributed by atoms with E-state index >= 15 is 0 Å². The summed E-state index contributed by atoms with van der Waals surface area (Å²) in [5.74, 6) is 1.26. The third kappa shape index (κ3) is 2.54. The van der Waals surface area contributed by atoms with E-state index in [4.69, 9.17) is 0 Å². The van der Waals surface area contributed by atoms with Gasteiger partial charge in [0.05, 0.1) is 0 Å². The number of thioether (sulfide) groups is 1. The molecule has 1 aliphatic heterocycles. The van der Waals surface area contributed by atoms with Crippen LogP contribution in [0.4, 0.5) is 0 Å². The van der Waals surface area contributed by atoms with Gasteiger partial charge in [0.2, 0.25) is 0 Å². The smallest absolute Gasteiger partial charge is 0.0110 e. The molecule has 1 aliphatic rings. The molecule has 1 heteroatoms. The summed E-state index contributed by atoms with van der Waals surface area (Å²) in [5.41, 5.74) is 5.16. The first kappa shape index (κ1) is 13.0. The lowest BCUT2D eigenvalue weighted by molar-refractivity contribution is 0.561. The van der Waals surface area contributed by atoms with Crippen molar-refractivity contribution in [3.05, 3.63) is 28.8 Å². The fourth-order valence-corrected chi connectivity index (χ4v) is 3.52. The van der Waals surface area contributed by atoms with E-state index in [1.54, 1.807) is 11.1 Å². The molecule has 17 heavy (non-hydrogen) atoms. The van der Waals surface area contributed by atoms with Gasteiger partial charge in [-0.2, -0.15) is 0 Å². The molecule has 0 spiro atoms. The Morgan fingerprint density at radius 3 is 2.12 bits per heavy atom. The Hall–Kier alpha value is -0.430. The van der Waals surface area contributed by atoms with Crippen molar-refractivity contribution < 1.29 is 0 Å². The maximum absolute atomic E-state index is 2.45. The van der Waals surface area contributed by atoms with Gasteiger partial charge in [-0.1, -0.05) is 47.6 Å². The molecule has 0 fully saturated rings. The minimum absolute atomic E-state index is 0.248. The molecule has 94 valence electrons. The SMILES string of the molecule is CC(C)(C)c1cc2c(c(C(C)(C)C)c1)CCS2. The van der Waals surface area contributed by atoms with Crippen molar-refractivity contribution in [2.45, 2.75) is 63.7 Å². The first-order valence-corrected chi connectivity index (χ1v) is 7.49. The molecule has 0 amide bonds. The van der Waals surface area contributed by atoms with E-state index in [2.05, 4.69) is 53.7 Å². The third-order valence-electron chi connectivity index (χ3n) is 3.49. The van der Waals surface area contributed by atoms with E-state index in [0.717, 1.165) is 0 Å². The largest absolute Gasteiger partial charge is 0.126 e. The summed E-state index contributed by atoms with van der Waals surface area (Å²) in [6.07, 6.45) is 1.25. The topological polar surface area (TPSA) is 0 Å². The molecule has 1 heterocycles. The van der Waals surface area contributed by atoms with Gasteiger partial charge in [0.15, 0.2) is 0 Å². The van der Waals surface area contributed by atoms with E-state index < -0.39 is 0 Å². The van der Waals surface area contributed by atoms with Gasteiger partial charge < -0.3 is 0 Å². The maximum atomic E-state index is 2.45. The van der Waals surface area contributed by atoms with Crippen molar-refractivity contribution in [1.82, 2.24) is 0 Å². The van der Waals surface area contributed by atoms with Crippen LogP contribution in [0.25, 0.3) is 0 Å². The Balaban J connectivity index is 2.62. The van der Waals surface area contributed by atoms with Crippen LogP contribution >= 0.6 is 11.8 Å². The quantitative estimate of drug-likeness (QED) is 0.627. The lowest BCUT2D eigenvalue weighted by Gasteiger charge is -2.27. The van der Waals surface area contributed by atoms with Gasteiger partial charge in [-0.25, -0.2) is 0 Å². The molecular weight excluding hydrogens is 224 g/mol. The lowest BCUT2D eigenvalue weighted by atomic mass is 9.78. The van der Waals surface area contributed by atoms with Crippen LogP contribution in [0.1, 0.15) is 58.2 Å². The molecule has 0 aromatic heterocycles. The summed E-state index contributed by atoms with van der Waals surface area (Å²) < 4.78 is 0. The average Bonchev–Trinajstić information content (AvgIpc) is 2.59. The predicted octanol–water partition coefficient (Wildman–Crippen LogP) is 4.93. The van der Waals surface area contributed by atoms with E-state index in [9.17, 15) is 0 Å². The molecule has 0 saturated carbocycles. The molecule has 0 N–H and O–H groups in total. The Morgan fingerprint density at radius 1 is 0.941 bits per heavy atom. The Morgan fingerprint density at radius 2 is 1.59 bits per heavy atom. The fourth-order valence-electron chi connectivity index (χ4n) is 2.40. The maximum Gasteiger partial charge on any atom is 0.0110 e. The van der Waals surface area contributed by atoms with E-state index in [0.29, 0.717) is 0 Å². The highest BCUT2D eigenvalue weighted by atomic mass is 32.2. The van der Waals surface area contributed by atoms with Crippen molar-refractivity contribution >= 4 is 11.8 Å². The highest BCUT2D eigenvalue weighted by Gasteiger charge is 2.26. The summed E-state index contributed by atoms with van der Waals surface area (Å²) in [4.78, 5) is 1.53. The summed E-state index contributed by atoms with van der Waals surface area (Å²) >= 11 is 2.03. The van der Waals surface area contributed by atoms with Gasteiger partial charge in [-0.05, 0) is 40.0 Å². The van der Waals surface area contributed by atoms with Crippen LogP contribution in [0.2, 0.25) is 0 Å². The van der Waals surface area contributed by atoms with Crippen molar-refractivity contribution in [3.8, 4) is 0 Å². The number of fused-ring (bicyclic) bond motifs is 1. The van der Waals surface area contributed by atoms with Crippen LogP contribution in [0.5, 0.6) is 0 Å². The van der Waals surface area contributed by atoms with E-state index in [1.165, 1.54) is 22.6 Å². The number of hydrogen-bond donors (Lipinski definition) is 0. The molecule has 0 aliphatic carbocycles. The summed E-state index contributed by atoms with van der Waals surface area (Å²) in [6, 6.07) is 4.87. The standard InChI is InChI=1S/C16H24S/c1-15(2,3)11-9-13(16(4,5)6)12-7-8-17-14(12)10-11/h9-10H,7-8H2,1-6H3. The lowest BCUT2D eigenvalue weighted by Crippen LogP contribution is -2.18. The zero-order valence-electron chi connectivity index (χ0n) is 12.0. The normalized spacial score (nSPS) is 16.1. The van der Waals surface area contributed by atoms with Gasteiger partial charge in [0.25, 0.3) is 0 Å². The third-order valence-corrected chi connectivity index (χ3v) is 4.58. The van der Waals surface area contributed by atoms with Crippen LogP contribution in [-0.4, -0.2) is 5.75 Å². The van der Waals surface area contributed by atoms with Crippen LogP contribution in [0.15, 0.2) is 17.0 Å².